The zero-order valence-corrected chi connectivity index (χ0v) is 10.3. The molecule has 1 aromatic carbocycles. The molecule has 0 saturated carbocycles. The van der Waals surface area contributed by atoms with Crippen LogP contribution in [0.25, 0.3) is 11.0 Å². The first kappa shape index (κ1) is 11.1. The number of halogens is 1. The minimum Gasteiger partial charge on any atom is -0.466 e. The van der Waals surface area contributed by atoms with Gasteiger partial charge in [0, 0.05) is 5.39 Å². The van der Waals surface area contributed by atoms with Crippen LogP contribution in [0.4, 0.5) is 0 Å². The number of benzene rings is 1. The van der Waals surface area contributed by atoms with Crippen LogP contribution in [-0.4, -0.2) is 17.7 Å². The molecule has 0 radical (unpaired) electrons. The number of hydrogen-bond acceptors (Lipinski definition) is 4. The lowest BCUT2D eigenvalue weighted by Crippen LogP contribution is -2.07. The maximum atomic E-state index is 11.3. The Morgan fingerprint density at radius 1 is 1.56 bits per heavy atom. The lowest BCUT2D eigenvalue weighted by molar-refractivity contribution is -0.142. The Bertz CT molecular complexity index is 521. The molecule has 0 unspecified atom stereocenters. The number of para-hydroxylation sites is 1. The van der Waals surface area contributed by atoms with Crippen LogP contribution >= 0.6 is 15.9 Å². The van der Waals surface area contributed by atoms with Crippen molar-refractivity contribution < 1.29 is 14.1 Å². The molecule has 1 aromatic heterocycles. The number of rotatable bonds is 3. The molecule has 0 bridgehead atoms. The highest BCUT2D eigenvalue weighted by Crippen LogP contribution is 2.26. The second-order valence-corrected chi connectivity index (χ2v) is 4.08. The van der Waals surface area contributed by atoms with Gasteiger partial charge in [-0.25, -0.2) is 0 Å². The smallest absolute Gasteiger partial charge is 0.312 e. The molecule has 0 saturated heterocycles. The molecule has 4 nitrogen and oxygen atoms in total. The fourth-order valence-corrected chi connectivity index (χ4v) is 1.89. The minimum absolute atomic E-state index is 0.136. The maximum absolute atomic E-state index is 11.3. The normalized spacial score (nSPS) is 10.6. The van der Waals surface area contributed by atoms with Crippen LogP contribution in [0.5, 0.6) is 0 Å². The lowest BCUT2D eigenvalue weighted by Gasteiger charge is -1.98. The van der Waals surface area contributed by atoms with Crippen molar-refractivity contribution >= 4 is 32.9 Å². The summed E-state index contributed by atoms with van der Waals surface area (Å²) >= 11 is 3.36. The van der Waals surface area contributed by atoms with Crippen molar-refractivity contribution in [3.8, 4) is 0 Å². The molecule has 0 atom stereocenters. The Kier molecular flexibility index (Phi) is 3.24. The van der Waals surface area contributed by atoms with Gasteiger partial charge in [-0.2, -0.15) is 0 Å². The zero-order chi connectivity index (χ0) is 11.5. The first-order chi connectivity index (χ1) is 7.72. The molecule has 0 spiro atoms. The van der Waals surface area contributed by atoms with E-state index >= 15 is 0 Å². The van der Waals surface area contributed by atoms with E-state index in [0.29, 0.717) is 17.9 Å². The van der Waals surface area contributed by atoms with Crippen LogP contribution < -0.4 is 0 Å². The fourth-order valence-electron chi connectivity index (χ4n) is 1.46. The van der Waals surface area contributed by atoms with Gasteiger partial charge < -0.3 is 9.26 Å². The molecule has 0 fully saturated rings. The maximum Gasteiger partial charge on any atom is 0.312 e. The van der Waals surface area contributed by atoms with Crippen molar-refractivity contribution in [3.05, 3.63) is 28.4 Å². The zero-order valence-electron chi connectivity index (χ0n) is 8.70. The van der Waals surface area contributed by atoms with Crippen molar-refractivity contribution in [3.63, 3.8) is 0 Å². The van der Waals surface area contributed by atoms with E-state index < -0.39 is 0 Å². The van der Waals surface area contributed by atoms with Crippen molar-refractivity contribution in [2.45, 2.75) is 13.3 Å². The molecule has 0 amide bonds. The quantitative estimate of drug-likeness (QED) is 0.813. The average Bonchev–Trinajstić information content (AvgIpc) is 2.64. The molecular weight excluding hydrogens is 274 g/mol. The number of fused-ring (bicyclic) bond motifs is 1. The molecule has 2 aromatic rings. The van der Waals surface area contributed by atoms with E-state index in [1.165, 1.54) is 0 Å². The Balaban J connectivity index is 2.32. The lowest BCUT2D eigenvalue weighted by atomic mass is 10.2. The van der Waals surface area contributed by atoms with Gasteiger partial charge >= 0.3 is 5.97 Å². The van der Waals surface area contributed by atoms with Crippen LogP contribution in [0.3, 0.4) is 0 Å². The number of ether oxygens (including phenoxy) is 1. The summed E-state index contributed by atoms with van der Waals surface area (Å²) in [4.78, 5) is 11.3. The minimum atomic E-state index is -0.294. The van der Waals surface area contributed by atoms with Gasteiger partial charge in [0.1, 0.15) is 5.69 Å². The highest BCUT2D eigenvalue weighted by atomic mass is 79.9. The van der Waals surface area contributed by atoms with Crippen molar-refractivity contribution in [1.29, 1.82) is 0 Å². The van der Waals surface area contributed by atoms with Crippen molar-refractivity contribution in [1.82, 2.24) is 5.16 Å². The second-order valence-electron chi connectivity index (χ2n) is 3.23. The van der Waals surface area contributed by atoms with Crippen molar-refractivity contribution in [2.75, 3.05) is 6.61 Å². The van der Waals surface area contributed by atoms with Gasteiger partial charge in [0.2, 0.25) is 0 Å². The molecule has 0 aliphatic carbocycles. The molecule has 16 heavy (non-hydrogen) atoms. The summed E-state index contributed by atoms with van der Waals surface area (Å²) < 4.78 is 10.8. The monoisotopic (exact) mass is 283 g/mol. The van der Waals surface area contributed by atoms with E-state index in [0.717, 1.165) is 9.86 Å². The number of carbonyl (C=O) groups is 1. The largest absolute Gasteiger partial charge is 0.466 e. The Morgan fingerprint density at radius 3 is 3.12 bits per heavy atom. The fraction of sp³-hybridized carbons (Fsp3) is 0.273. The summed E-state index contributed by atoms with van der Waals surface area (Å²) in [5.41, 5.74) is 1.26. The summed E-state index contributed by atoms with van der Waals surface area (Å²) in [5, 5.41) is 4.71. The molecular formula is C11H10BrNO3. The topological polar surface area (TPSA) is 52.3 Å². The average molecular weight is 284 g/mol. The van der Waals surface area contributed by atoms with E-state index in [1.54, 1.807) is 6.92 Å². The van der Waals surface area contributed by atoms with Crippen LogP contribution in [0.15, 0.2) is 27.2 Å². The molecule has 2 rings (SSSR count). The Labute approximate surface area is 101 Å². The SMILES string of the molecule is CCOC(=O)Cc1noc2c(Br)cccc12. The van der Waals surface area contributed by atoms with Gasteiger partial charge in [0.15, 0.2) is 5.58 Å². The van der Waals surface area contributed by atoms with Crippen LogP contribution in [0, 0.1) is 0 Å². The van der Waals surface area contributed by atoms with E-state index in [2.05, 4.69) is 21.1 Å². The standard InChI is InChI=1S/C11H10BrNO3/c1-2-15-10(14)6-9-7-4-3-5-8(12)11(7)16-13-9/h3-5H,2,6H2,1H3. The second kappa shape index (κ2) is 4.65. The summed E-state index contributed by atoms with van der Waals surface area (Å²) in [6.07, 6.45) is 0.136. The van der Waals surface area contributed by atoms with Crippen LogP contribution in [0.2, 0.25) is 0 Å². The Morgan fingerprint density at radius 2 is 2.38 bits per heavy atom. The van der Waals surface area contributed by atoms with E-state index in [-0.39, 0.29) is 12.4 Å². The van der Waals surface area contributed by atoms with Crippen molar-refractivity contribution in [2.24, 2.45) is 0 Å². The predicted octanol–water partition coefficient (Wildman–Crippen LogP) is 2.70. The van der Waals surface area contributed by atoms with Gasteiger partial charge in [-0.3, -0.25) is 4.79 Å². The first-order valence-corrected chi connectivity index (χ1v) is 5.70. The molecule has 0 aliphatic rings. The van der Waals surface area contributed by atoms with E-state index in [1.807, 2.05) is 18.2 Å². The van der Waals surface area contributed by atoms with Crippen LogP contribution in [0.1, 0.15) is 12.6 Å². The highest BCUT2D eigenvalue weighted by molar-refractivity contribution is 9.10. The number of aromatic nitrogens is 1. The third-order valence-electron chi connectivity index (χ3n) is 2.14. The predicted molar refractivity (Wildman–Crippen MR) is 62.0 cm³/mol. The van der Waals surface area contributed by atoms with Gasteiger partial charge in [0.25, 0.3) is 0 Å². The summed E-state index contributed by atoms with van der Waals surface area (Å²) in [7, 11) is 0. The number of carbonyl (C=O) groups excluding carboxylic acids is 1. The molecule has 5 heteroatoms. The van der Waals surface area contributed by atoms with Gasteiger partial charge in [-0.15, -0.1) is 0 Å². The van der Waals surface area contributed by atoms with E-state index in [9.17, 15) is 4.79 Å². The number of esters is 1. The summed E-state index contributed by atoms with van der Waals surface area (Å²) in [5.74, 6) is -0.294. The summed E-state index contributed by atoms with van der Waals surface area (Å²) in [6, 6.07) is 5.60. The molecule has 84 valence electrons. The first-order valence-electron chi connectivity index (χ1n) is 4.90. The Hall–Kier alpha value is -1.36. The molecule has 0 aliphatic heterocycles. The van der Waals surface area contributed by atoms with Gasteiger partial charge in [-0.1, -0.05) is 11.2 Å². The van der Waals surface area contributed by atoms with Crippen LogP contribution in [-0.2, 0) is 16.0 Å². The number of nitrogens with zero attached hydrogens (tertiary/aromatic N) is 1. The highest BCUT2D eigenvalue weighted by Gasteiger charge is 2.14. The molecule has 0 N–H and O–H groups in total. The molecule has 1 heterocycles. The number of hydrogen-bond donors (Lipinski definition) is 0. The van der Waals surface area contributed by atoms with E-state index in [4.69, 9.17) is 9.26 Å². The third kappa shape index (κ3) is 2.09. The van der Waals surface area contributed by atoms with Gasteiger partial charge in [0.05, 0.1) is 17.5 Å². The third-order valence-corrected chi connectivity index (χ3v) is 2.77. The summed E-state index contributed by atoms with van der Waals surface area (Å²) in [6.45, 7) is 2.15. The van der Waals surface area contributed by atoms with Gasteiger partial charge in [-0.05, 0) is 35.0 Å².